The Hall–Kier alpha value is -1.14. The van der Waals surface area contributed by atoms with E-state index in [1.165, 1.54) is 116 Å². The summed E-state index contributed by atoms with van der Waals surface area (Å²) >= 11 is 0. The van der Waals surface area contributed by atoms with Crippen LogP contribution in [0.3, 0.4) is 0 Å². The number of hydrogen-bond donors (Lipinski definition) is 0. The molecule has 4 rings (SSSR count). The Morgan fingerprint density at radius 3 is 1.86 bits per heavy atom. The molecule has 0 unspecified atom stereocenters. The summed E-state index contributed by atoms with van der Waals surface area (Å²) in [6, 6.07) is 8.34. The van der Waals surface area contributed by atoms with Crippen molar-refractivity contribution in [2.24, 2.45) is 23.7 Å². The molecule has 0 heterocycles. The predicted molar refractivity (Wildman–Crippen MR) is 180 cm³/mol. The van der Waals surface area contributed by atoms with Gasteiger partial charge in [-0.3, -0.25) is 0 Å². The molecule has 1 aromatic carbocycles. The summed E-state index contributed by atoms with van der Waals surface area (Å²) < 4.78 is 17.3. The van der Waals surface area contributed by atoms with Crippen molar-refractivity contribution >= 4 is 0 Å². The molecule has 3 aliphatic carbocycles. The van der Waals surface area contributed by atoms with E-state index < -0.39 is 0 Å². The quantitative estimate of drug-likeness (QED) is 0.0783. The van der Waals surface area contributed by atoms with E-state index in [4.69, 9.17) is 24.0 Å². The first-order valence-corrected chi connectivity index (χ1v) is 18.8. The molecule has 0 saturated heterocycles. The molecule has 0 atom stereocenters. The summed E-state index contributed by atoms with van der Waals surface area (Å²) in [5.74, 6) is 4.70. The van der Waals surface area contributed by atoms with Gasteiger partial charge in [0.15, 0.2) is 0 Å². The van der Waals surface area contributed by atoms with Gasteiger partial charge >= 0.3 is 0 Å². The smallest absolute Gasteiger partial charge is 0.119 e. The van der Waals surface area contributed by atoms with Crippen LogP contribution in [0.4, 0.5) is 0 Å². The lowest BCUT2D eigenvalue weighted by Gasteiger charge is -2.36. The van der Waals surface area contributed by atoms with Crippen LogP contribution in [0.25, 0.3) is 0 Å². The maximum absolute atomic E-state index is 6.16. The molecule has 5 heteroatoms. The van der Waals surface area contributed by atoms with E-state index in [0.29, 0.717) is 12.7 Å². The van der Waals surface area contributed by atoms with Crippen LogP contribution in [0.1, 0.15) is 147 Å². The Kier molecular flexibility index (Phi) is 17.5. The van der Waals surface area contributed by atoms with Gasteiger partial charge in [-0.05, 0) is 125 Å². The maximum Gasteiger partial charge on any atom is 0.119 e. The van der Waals surface area contributed by atoms with E-state index in [-0.39, 0.29) is 6.10 Å². The van der Waals surface area contributed by atoms with Gasteiger partial charge in [-0.25, -0.2) is 9.78 Å². The van der Waals surface area contributed by atoms with Crippen molar-refractivity contribution in [1.29, 1.82) is 0 Å². The van der Waals surface area contributed by atoms with Crippen molar-refractivity contribution in [3.8, 4) is 5.75 Å². The molecule has 3 aliphatic rings. The first-order chi connectivity index (χ1) is 21.7. The molecule has 0 amide bonds. The highest BCUT2D eigenvalue weighted by Crippen LogP contribution is 2.40. The van der Waals surface area contributed by atoms with Gasteiger partial charge in [-0.2, -0.15) is 0 Å². The van der Waals surface area contributed by atoms with Crippen molar-refractivity contribution in [3.05, 3.63) is 29.8 Å². The Morgan fingerprint density at radius 2 is 1.18 bits per heavy atom. The van der Waals surface area contributed by atoms with Gasteiger partial charge in [0.25, 0.3) is 0 Å². The minimum absolute atomic E-state index is 0.266. The molecule has 5 nitrogen and oxygen atoms in total. The lowest BCUT2D eigenvalue weighted by Crippen LogP contribution is -2.28. The second-order valence-corrected chi connectivity index (χ2v) is 14.5. The zero-order chi connectivity index (χ0) is 30.7. The third-order valence-electron chi connectivity index (χ3n) is 11.0. The summed E-state index contributed by atoms with van der Waals surface area (Å²) in [6.07, 6.45) is 28.1. The van der Waals surface area contributed by atoms with Crippen LogP contribution in [0.15, 0.2) is 24.3 Å². The molecule has 0 aromatic heterocycles. The van der Waals surface area contributed by atoms with Crippen molar-refractivity contribution < 1.29 is 24.0 Å². The third kappa shape index (κ3) is 14.1. The molecular weight excluding hydrogens is 548 g/mol. The maximum atomic E-state index is 6.16. The first-order valence-electron chi connectivity index (χ1n) is 18.8. The number of hydrogen-bond acceptors (Lipinski definition) is 5. The van der Waals surface area contributed by atoms with Crippen molar-refractivity contribution in [2.45, 2.75) is 161 Å². The zero-order valence-corrected chi connectivity index (χ0v) is 28.5. The fourth-order valence-corrected chi connectivity index (χ4v) is 7.91. The second kappa shape index (κ2) is 21.6. The van der Waals surface area contributed by atoms with Crippen LogP contribution in [0.2, 0.25) is 0 Å². The molecule has 44 heavy (non-hydrogen) atoms. The van der Waals surface area contributed by atoms with E-state index in [1.54, 1.807) is 7.11 Å². The summed E-state index contributed by atoms with van der Waals surface area (Å²) in [6.45, 7) is 5.56. The number of methoxy groups -OCH3 is 1. The molecule has 0 N–H and O–H groups in total. The van der Waals surface area contributed by atoms with Crippen molar-refractivity contribution in [1.82, 2.24) is 0 Å². The van der Waals surface area contributed by atoms with Crippen LogP contribution < -0.4 is 4.74 Å². The Balaban J connectivity index is 0.932. The van der Waals surface area contributed by atoms with Gasteiger partial charge in [-0.15, -0.1) is 0 Å². The fraction of sp³-hybridized carbons (Fsp3) is 0.846. The Labute approximate surface area is 270 Å². The van der Waals surface area contributed by atoms with Crippen molar-refractivity contribution in [3.63, 3.8) is 0 Å². The molecule has 0 spiro atoms. The Bertz CT molecular complexity index is 819. The SMILES string of the molecule is COCCCCCCOC1CCC(CCCCCCOc2ccc(COOC3CCC(C4CCC(C)CC4)CC3)cc2)CC1. The molecule has 3 fully saturated rings. The van der Waals surface area contributed by atoms with Crippen LogP contribution in [0, 0.1) is 23.7 Å². The van der Waals surface area contributed by atoms with E-state index >= 15 is 0 Å². The molecule has 1 aromatic rings. The van der Waals surface area contributed by atoms with Gasteiger partial charge in [0.2, 0.25) is 0 Å². The number of ether oxygens (including phenoxy) is 3. The van der Waals surface area contributed by atoms with Gasteiger partial charge in [0.05, 0.1) is 18.8 Å². The van der Waals surface area contributed by atoms with Gasteiger partial charge in [0, 0.05) is 20.3 Å². The second-order valence-electron chi connectivity index (χ2n) is 14.5. The van der Waals surface area contributed by atoms with Crippen LogP contribution in [-0.4, -0.2) is 39.1 Å². The number of benzene rings is 1. The average molecular weight is 615 g/mol. The molecule has 0 aliphatic heterocycles. The van der Waals surface area contributed by atoms with E-state index in [1.807, 2.05) is 0 Å². The normalized spacial score (nSPS) is 27.8. The summed E-state index contributed by atoms with van der Waals surface area (Å²) in [5, 5.41) is 0. The monoisotopic (exact) mass is 614 g/mol. The fourth-order valence-electron chi connectivity index (χ4n) is 7.91. The summed E-state index contributed by atoms with van der Waals surface area (Å²) in [4.78, 5) is 11.5. The van der Waals surface area contributed by atoms with E-state index in [0.717, 1.165) is 74.1 Å². The largest absolute Gasteiger partial charge is 0.494 e. The molecule has 0 bridgehead atoms. The third-order valence-corrected chi connectivity index (χ3v) is 11.0. The summed E-state index contributed by atoms with van der Waals surface area (Å²) in [7, 11) is 1.78. The minimum Gasteiger partial charge on any atom is -0.494 e. The lowest BCUT2D eigenvalue weighted by molar-refractivity contribution is -0.338. The number of unbranched alkanes of at least 4 members (excludes halogenated alkanes) is 6. The lowest BCUT2D eigenvalue weighted by atomic mass is 9.71. The molecule has 252 valence electrons. The van der Waals surface area contributed by atoms with Gasteiger partial charge in [0.1, 0.15) is 12.4 Å². The molecule has 0 radical (unpaired) electrons. The topological polar surface area (TPSA) is 46.2 Å². The first kappa shape index (κ1) is 35.7. The molecular formula is C39H66O5. The van der Waals surface area contributed by atoms with E-state index in [9.17, 15) is 0 Å². The van der Waals surface area contributed by atoms with Crippen LogP contribution >= 0.6 is 0 Å². The highest BCUT2D eigenvalue weighted by Gasteiger charge is 2.30. The standard InChI is InChI=1S/C39H66O5/c1-32-12-18-35(19-13-32)36-20-26-39(27-21-36)44-43-31-34-16-24-38(25-17-34)42-29-9-4-3-7-11-33-14-22-37(23-15-33)41-30-10-6-5-8-28-40-2/h16-17,24-25,32-33,35-37,39H,3-15,18-23,26-31H2,1-2H3. The highest BCUT2D eigenvalue weighted by molar-refractivity contribution is 5.26. The predicted octanol–water partition coefficient (Wildman–Crippen LogP) is 10.6. The van der Waals surface area contributed by atoms with Gasteiger partial charge < -0.3 is 14.2 Å². The minimum atomic E-state index is 0.266. The highest BCUT2D eigenvalue weighted by atomic mass is 17.2. The Morgan fingerprint density at radius 1 is 0.591 bits per heavy atom. The van der Waals surface area contributed by atoms with E-state index in [2.05, 4.69) is 31.2 Å². The van der Waals surface area contributed by atoms with Crippen molar-refractivity contribution in [2.75, 3.05) is 26.9 Å². The average Bonchev–Trinajstić information content (AvgIpc) is 3.06. The van der Waals surface area contributed by atoms with Gasteiger partial charge in [-0.1, -0.05) is 70.4 Å². The molecule has 3 saturated carbocycles. The van der Waals surface area contributed by atoms with Crippen LogP contribution in [0.5, 0.6) is 5.75 Å². The number of rotatable bonds is 21. The summed E-state index contributed by atoms with van der Waals surface area (Å²) in [5.41, 5.74) is 1.14. The van der Waals surface area contributed by atoms with Crippen LogP contribution in [-0.2, 0) is 25.9 Å². The zero-order valence-electron chi connectivity index (χ0n) is 28.5.